The Bertz CT molecular complexity index is 884. The highest BCUT2D eigenvalue weighted by Crippen LogP contribution is 2.19. The van der Waals surface area contributed by atoms with Crippen LogP contribution in [0, 0.1) is 5.82 Å². The van der Waals surface area contributed by atoms with Crippen molar-refractivity contribution in [2.24, 2.45) is 0 Å². The summed E-state index contributed by atoms with van der Waals surface area (Å²) in [7, 11) is -2.51. The predicted molar refractivity (Wildman–Crippen MR) is 98.2 cm³/mol. The van der Waals surface area contributed by atoms with Crippen molar-refractivity contribution in [3.8, 4) is 0 Å². The van der Waals surface area contributed by atoms with Crippen molar-refractivity contribution >= 4 is 33.2 Å². The van der Waals surface area contributed by atoms with E-state index >= 15 is 0 Å². The van der Waals surface area contributed by atoms with E-state index in [1.807, 2.05) is 0 Å². The summed E-state index contributed by atoms with van der Waals surface area (Å²) in [6, 6.07) is 9.25. The Kier molecular flexibility index (Phi) is 7.45. The van der Waals surface area contributed by atoms with Gasteiger partial charge in [-0.05, 0) is 29.5 Å². The van der Waals surface area contributed by atoms with E-state index in [2.05, 4.69) is 5.32 Å². The number of halogens is 1. The third kappa shape index (κ3) is 6.12. The van der Waals surface area contributed by atoms with Crippen LogP contribution in [-0.2, 0) is 30.8 Å². The lowest BCUT2D eigenvalue weighted by Crippen LogP contribution is -2.35. The number of rotatable bonds is 9. The number of hydrogen-bond acceptors (Lipinski definition) is 6. The third-order valence-corrected chi connectivity index (χ3v) is 6.73. The quantitative estimate of drug-likeness (QED) is 0.627. The van der Waals surface area contributed by atoms with Crippen molar-refractivity contribution in [3.05, 3.63) is 53.2 Å². The Morgan fingerprint density at radius 2 is 1.96 bits per heavy atom. The van der Waals surface area contributed by atoms with Crippen molar-refractivity contribution in [2.45, 2.75) is 10.6 Å². The molecule has 1 N–H and O–H groups in total. The summed E-state index contributed by atoms with van der Waals surface area (Å²) in [5.41, 5.74) is 0.468. The molecule has 27 heavy (non-hydrogen) atoms. The minimum absolute atomic E-state index is 0.115. The number of esters is 1. The van der Waals surface area contributed by atoms with E-state index in [-0.39, 0.29) is 16.6 Å². The summed E-state index contributed by atoms with van der Waals surface area (Å²) in [6.07, 6.45) is 0.300. The predicted octanol–water partition coefficient (Wildman–Crippen LogP) is 1.41. The van der Waals surface area contributed by atoms with Crippen LogP contribution >= 0.6 is 11.3 Å². The molecule has 10 heteroatoms. The van der Waals surface area contributed by atoms with E-state index in [4.69, 9.17) is 4.74 Å². The Morgan fingerprint density at radius 3 is 2.63 bits per heavy atom. The summed E-state index contributed by atoms with van der Waals surface area (Å²) in [5.74, 6) is -1.75. The number of carbonyl (C=O) groups excluding carboxylic acids is 2. The van der Waals surface area contributed by atoms with E-state index < -0.39 is 35.1 Å². The van der Waals surface area contributed by atoms with Gasteiger partial charge >= 0.3 is 5.97 Å². The number of hydrogen-bond donors (Lipinski definition) is 1. The van der Waals surface area contributed by atoms with Crippen molar-refractivity contribution in [1.29, 1.82) is 0 Å². The topological polar surface area (TPSA) is 92.8 Å². The van der Waals surface area contributed by atoms with Crippen molar-refractivity contribution < 1.29 is 27.1 Å². The van der Waals surface area contributed by atoms with Gasteiger partial charge in [-0.25, -0.2) is 12.8 Å². The second-order valence-corrected chi connectivity index (χ2v) is 8.76. The highest BCUT2D eigenvalue weighted by atomic mass is 32.2. The van der Waals surface area contributed by atoms with Gasteiger partial charge in [-0.3, -0.25) is 9.59 Å². The molecule has 1 amide bonds. The minimum atomic E-state index is -3.76. The number of benzene rings is 1. The average molecular weight is 414 g/mol. The number of likely N-dealkylation sites (N-methyl/N-ethyl adjacent to an activating group) is 1. The van der Waals surface area contributed by atoms with Crippen LogP contribution in [0.4, 0.5) is 4.39 Å². The molecule has 7 nitrogen and oxygen atoms in total. The van der Waals surface area contributed by atoms with Crippen LogP contribution in [0.25, 0.3) is 0 Å². The van der Waals surface area contributed by atoms with Gasteiger partial charge in [-0.1, -0.05) is 24.3 Å². The standard InChI is InChI=1S/C17H19FN2O5S2/c1-20(27(23,24)17-7-4-10-26-17)11-16(22)25-12-15(21)19-9-8-13-5-2-3-6-14(13)18/h2-7,10H,8-9,11-12H2,1H3,(H,19,21). The fourth-order valence-electron chi connectivity index (χ4n) is 2.11. The van der Waals surface area contributed by atoms with E-state index in [1.54, 1.807) is 29.6 Å². The largest absolute Gasteiger partial charge is 0.455 e. The molecule has 0 aliphatic rings. The highest BCUT2D eigenvalue weighted by molar-refractivity contribution is 7.91. The molecule has 0 aliphatic heterocycles. The SMILES string of the molecule is CN(CC(=O)OCC(=O)NCCc1ccccc1F)S(=O)(=O)c1cccs1. The van der Waals surface area contributed by atoms with Gasteiger partial charge in [-0.15, -0.1) is 11.3 Å². The second-order valence-electron chi connectivity index (χ2n) is 5.55. The average Bonchev–Trinajstić information content (AvgIpc) is 3.17. The van der Waals surface area contributed by atoms with Gasteiger partial charge in [0, 0.05) is 13.6 Å². The molecule has 1 heterocycles. The molecule has 0 saturated heterocycles. The van der Waals surface area contributed by atoms with Crippen molar-refractivity contribution in [2.75, 3.05) is 26.7 Å². The van der Waals surface area contributed by atoms with Gasteiger partial charge < -0.3 is 10.1 Å². The number of thiophene rings is 1. The number of sulfonamides is 1. The molecular formula is C17H19FN2O5S2. The van der Waals surface area contributed by atoms with Crippen molar-refractivity contribution in [1.82, 2.24) is 9.62 Å². The van der Waals surface area contributed by atoms with Crippen LogP contribution < -0.4 is 5.32 Å². The van der Waals surface area contributed by atoms with Gasteiger partial charge in [0.05, 0.1) is 0 Å². The van der Waals surface area contributed by atoms with E-state index in [0.29, 0.717) is 12.0 Å². The maximum atomic E-state index is 13.5. The number of carbonyl (C=O) groups is 2. The summed E-state index contributed by atoms with van der Waals surface area (Å²) in [4.78, 5) is 23.4. The number of nitrogens with one attached hydrogen (secondary N) is 1. The molecule has 2 aromatic rings. The molecule has 0 aliphatic carbocycles. The van der Waals surface area contributed by atoms with Crippen LogP contribution in [-0.4, -0.2) is 51.3 Å². The lowest BCUT2D eigenvalue weighted by molar-refractivity contribution is -0.148. The zero-order valence-electron chi connectivity index (χ0n) is 14.6. The number of ether oxygens (including phenoxy) is 1. The fourth-order valence-corrected chi connectivity index (χ4v) is 4.43. The molecule has 0 unspecified atom stereocenters. The summed E-state index contributed by atoms with van der Waals surface area (Å²) in [5, 5.41) is 4.12. The maximum Gasteiger partial charge on any atom is 0.321 e. The first kappa shape index (κ1) is 21.0. The van der Waals surface area contributed by atoms with Crippen LogP contribution in [0.15, 0.2) is 46.0 Å². The lowest BCUT2D eigenvalue weighted by atomic mass is 10.1. The zero-order valence-corrected chi connectivity index (χ0v) is 16.2. The van der Waals surface area contributed by atoms with E-state index in [1.165, 1.54) is 19.2 Å². The van der Waals surface area contributed by atoms with Crippen LogP contribution in [0.2, 0.25) is 0 Å². The molecular weight excluding hydrogens is 395 g/mol. The molecule has 1 aromatic heterocycles. The van der Waals surface area contributed by atoms with Gasteiger partial charge in [0.2, 0.25) is 0 Å². The lowest BCUT2D eigenvalue weighted by Gasteiger charge is -2.15. The Morgan fingerprint density at radius 1 is 1.22 bits per heavy atom. The molecule has 1 aromatic carbocycles. The molecule has 0 radical (unpaired) electrons. The molecule has 0 fully saturated rings. The first-order valence-electron chi connectivity index (χ1n) is 7.96. The van der Waals surface area contributed by atoms with Gasteiger partial charge in [0.25, 0.3) is 15.9 Å². The molecule has 0 spiro atoms. The molecule has 0 atom stereocenters. The van der Waals surface area contributed by atoms with Gasteiger partial charge in [0.15, 0.2) is 6.61 Å². The normalized spacial score (nSPS) is 11.4. The van der Waals surface area contributed by atoms with Crippen molar-refractivity contribution in [3.63, 3.8) is 0 Å². The molecule has 0 bridgehead atoms. The Balaban J connectivity index is 1.72. The second kappa shape index (κ2) is 9.58. The molecule has 2 rings (SSSR count). The summed E-state index contributed by atoms with van der Waals surface area (Å²) >= 11 is 1.04. The van der Waals surface area contributed by atoms with Gasteiger partial charge in [-0.2, -0.15) is 4.31 Å². The Hall–Kier alpha value is -2.30. The third-order valence-electron chi connectivity index (χ3n) is 3.55. The van der Waals surface area contributed by atoms with Crippen LogP contribution in [0.1, 0.15) is 5.56 Å². The van der Waals surface area contributed by atoms with Crippen LogP contribution in [0.5, 0.6) is 0 Å². The first-order chi connectivity index (χ1) is 12.8. The van der Waals surface area contributed by atoms with E-state index in [9.17, 15) is 22.4 Å². The summed E-state index contributed by atoms with van der Waals surface area (Å²) < 4.78 is 43.6. The van der Waals surface area contributed by atoms with E-state index in [0.717, 1.165) is 15.6 Å². The fraction of sp³-hybridized carbons (Fsp3) is 0.294. The first-order valence-corrected chi connectivity index (χ1v) is 10.3. The minimum Gasteiger partial charge on any atom is -0.455 e. The monoisotopic (exact) mass is 414 g/mol. The smallest absolute Gasteiger partial charge is 0.321 e. The maximum absolute atomic E-state index is 13.5. The Labute approximate surface area is 160 Å². The molecule has 146 valence electrons. The molecule has 0 saturated carbocycles. The van der Waals surface area contributed by atoms with Gasteiger partial charge in [0.1, 0.15) is 16.6 Å². The highest BCUT2D eigenvalue weighted by Gasteiger charge is 2.24. The summed E-state index contributed by atoms with van der Waals surface area (Å²) in [6.45, 7) is -0.865. The number of amides is 1. The van der Waals surface area contributed by atoms with Crippen LogP contribution in [0.3, 0.4) is 0 Å². The number of nitrogens with zero attached hydrogens (tertiary/aromatic N) is 1. The zero-order chi connectivity index (χ0) is 19.9.